The van der Waals surface area contributed by atoms with Crippen LogP contribution in [-0.2, 0) is 4.79 Å². The van der Waals surface area contributed by atoms with Crippen LogP contribution in [0.2, 0.25) is 10.0 Å². The van der Waals surface area contributed by atoms with E-state index in [-0.39, 0.29) is 12.1 Å². The first-order valence-corrected chi connectivity index (χ1v) is 10.2. The van der Waals surface area contributed by atoms with E-state index < -0.39 is 17.9 Å². The molecule has 150 valence electrons. The molecule has 1 amide bonds. The second-order valence-electron chi connectivity index (χ2n) is 6.27. The molecule has 3 N–H and O–H groups in total. The predicted molar refractivity (Wildman–Crippen MR) is 115 cm³/mol. The Bertz CT molecular complexity index is 1050. The fourth-order valence-electron chi connectivity index (χ4n) is 2.76. The minimum Gasteiger partial charge on any atom is -0.481 e. The third-order valence-electron chi connectivity index (χ3n) is 4.16. The number of anilines is 2. The summed E-state index contributed by atoms with van der Waals surface area (Å²) in [6.45, 7) is 1.87. The lowest BCUT2D eigenvalue weighted by Gasteiger charge is -2.18. The van der Waals surface area contributed by atoms with Crippen LogP contribution in [0, 0.1) is 6.92 Å². The Labute approximate surface area is 181 Å². The van der Waals surface area contributed by atoms with E-state index in [0.717, 1.165) is 11.1 Å². The fraction of sp³-hybridized carbons (Fsp3) is 0.150. The monoisotopic (exact) mass is 449 g/mol. The number of hydrogen-bond acceptors (Lipinski definition) is 5. The number of thiazole rings is 1. The molecule has 0 fully saturated rings. The first-order chi connectivity index (χ1) is 13.8. The summed E-state index contributed by atoms with van der Waals surface area (Å²) in [7, 11) is 0. The number of nitrogens with zero attached hydrogens (tertiary/aromatic N) is 1. The lowest BCUT2D eigenvalue weighted by Crippen LogP contribution is -2.30. The quantitative estimate of drug-likeness (QED) is 0.446. The summed E-state index contributed by atoms with van der Waals surface area (Å²) in [5, 5.41) is 18.1. The number of benzene rings is 2. The number of rotatable bonds is 7. The Morgan fingerprint density at radius 2 is 1.97 bits per heavy atom. The fourth-order valence-corrected chi connectivity index (χ4v) is 3.92. The molecule has 1 heterocycles. The maximum atomic E-state index is 12.7. The standard InChI is InChI=1S/C20H17Cl2N3O3S/c1-11-4-2-3-5-13(11)16(9-18(26)27)23-19(28)17-10-29-20(25-17)24-15-7-6-12(21)8-14(15)22/h2-8,10,16H,9H2,1H3,(H,23,28)(H,24,25)(H,26,27)/t16-/m0/s1. The summed E-state index contributed by atoms with van der Waals surface area (Å²) in [4.78, 5) is 28.2. The van der Waals surface area contributed by atoms with Crippen molar-refractivity contribution in [2.24, 2.45) is 0 Å². The highest BCUT2D eigenvalue weighted by Crippen LogP contribution is 2.30. The zero-order valence-corrected chi connectivity index (χ0v) is 17.6. The smallest absolute Gasteiger partial charge is 0.305 e. The van der Waals surface area contributed by atoms with Crippen molar-refractivity contribution in [2.75, 3.05) is 5.32 Å². The molecule has 29 heavy (non-hydrogen) atoms. The number of nitrogens with one attached hydrogen (secondary N) is 2. The van der Waals surface area contributed by atoms with Crippen LogP contribution in [0.4, 0.5) is 10.8 Å². The van der Waals surface area contributed by atoms with Crippen LogP contribution in [0.25, 0.3) is 0 Å². The third-order valence-corrected chi connectivity index (χ3v) is 5.46. The SMILES string of the molecule is Cc1ccccc1[C@H](CC(=O)O)NC(=O)c1csc(Nc2ccc(Cl)cc2Cl)n1. The van der Waals surface area contributed by atoms with E-state index in [9.17, 15) is 14.7 Å². The molecule has 1 aromatic heterocycles. The van der Waals surface area contributed by atoms with E-state index in [1.54, 1.807) is 29.6 Å². The zero-order chi connectivity index (χ0) is 21.0. The van der Waals surface area contributed by atoms with Gasteiger partial charge in [-0.3, -0.25) is 9.59 Å². The predicted octanol–water partition coefficient (Wildman–Crippen LogP) is 5.45. The summed E-state index contributed by atoms with van der Waals surface area (Å²) in [6.07, 6.45) is -0.230. The van der Waals surface area contributed by atoms with Crippen molar-refractivity contribution in [3.05, 3.63) is 74.7 Å². The van der Waals surface area contributed by atoms with E-state index in [0.29, 0.717) is 20.9 Å². The minimum atomic E-state index is -1.00. The van der Waals surface area contributed by atoms with Crippen LogP contribution in [0.1, 0.15) is 34.1 Å². The first-order valence-electron chi connectivity index (χ1n) is 8.59. The Morgan fingerprint density at radius 1 is 1.21 bits per heavy atom. The van der Waals surface area contributed by atoms with Gasteiger partial charge >= 0.3 is 5.97 Å². The molecule has 0 aliphatic heterocycles. The Morgan fingerprint density at radius 3 is 2.66 bits per heavy atom. The molecule has 1 atom stereocenters. The number of aryl methyl sites for hydroxylation is 1. The molecule has 0 saturated heterocycles. The van der Waals surface area contributed by atoms with Crippen LogP contribution in [0.5, 0.6) is 0 Å². The maximum absolute atomic E-state index is 12.7. The highest BCUT2D eigenvalue weighted by atomic mass is 35.5. The van der Waals surface area contributed by atoms with Gasteiger partial charge in [-0.05, 0) is 36.2 Å². The average Bonchev–Trinajstić information content (AvgIpc) is 3.12. The van der Waals surface area contributed by atoms with Crippen molar-refractivity contribution >= 4 is 57.2 Å². The summed E-state index contributed by atoms with van der Waals surface area (Å²) in [5.41, 5.74) is 2.45. The molecule has 0 radical (unpaired) electrons. The number of aliphatic carboxylic acids is 1. The molecular formula is C20H17Cl2N3O3S. The number of halogens is 2. The Kier molecular flexibility index (Phi) is 6.74. The van der Waals surface area contributed by atoms with Crippen LogP contribution in [-0.4, -0.2) is 22.0 Å². The van der Waals surface area contributed by atoms with Gasteiger partial charge in [0, 0.05) is 10.4 Å². The largest absolute Gasteiger partial charge is 0.481 e. The van der Waals surface area contributed by atoms with E-state index in [1.807, 2.05) is 25.1 Å². The number of hydrogen-bond donors (Lipinski definition) is 3. The Hall–Kier alpha value is -2.61. The molecule has 6 nitrogen and oxygen atoms in total. The number of carbonyl (C=O) groups excluding carboxylic acids is 1. The molecule has 3 rings (SSSR count). The second-order valence-corrected chi connectivity index (χ2v) is 7.97. The topological polar surface area (TPSA) is 91.3 Å². The van der Waals surface area contributed by atoms with Gasteiger partial charge in [0.2, 0.25) is 0 Å². The minimum absolute atomic E-state index is 0.187. The summed E-state index contributed by atoms with van der Waals surface area (Å²) in [6, 6.07) is 11.7. The van der Waals surface area contributed by atoms with Gasteiger partial charge in [0.15, 0.2) is 5.13 Å². The van der Waals surface area contributed by atoms with Crippen LogP contribution in [0.15, 0.2) is 47.8 Å². The first kappa shape index (κ1) is 21.1. The molecular weight excluding hydrogens is 433 g/mol. The van der Waals surface area contributed by atoms with Gasteiger partial charge in [-0.1, -0.05) is 47.5 Å². The van der Waals surface area contributed by atoms with Crippen LogP contribution >= 0.6 is 34.5 Å². The van der Waals surface area contributed by atoms with Crippen molar-refractivity contribution in [1.82, 2.24) is 10.3 Å². The molecule has 0 aliphatic carbocycles. The molecule has 0 saturated carbocycles. The zero-order valence-electron chi connectivity index (χ0n) is 15.3. The van der Waals surface area contributed by atoms with Crippen molar-refractivity contribution in [2.45, 2.75) is 19.4 Å². The van der Waals surface area contributed by atoms with Gasteiger partial charge in [-0.2, -0.15) is 0 Å². The molecule has 0 bridgehead atoms. The lowest BCUT2D eigenvalue weighted by molar-refractivity contribution is -0.137. The number of carboxylic acids is 1. The Balaban J connectivity index is 1.75. The average molecular weight is 450 g/mol. The maximum Gasteiger partial charge on any atom is 0.305 e. The van der Waals surface area contributed by atoms with Crippen LogP contribution in [0.3, 0.4) is 0 Å². The summed E-state index contributed by atoms with van der Waals surface area (Å²) < 4.78 is 0. The van der Waals surface area contributed by atoms with Crippen molar-refractivity contribution < 1.29 is 14.7 Å². The number of carbonyl (C=O) groups is 2. The number of amides is 1. The molecule has 0 aliphatic rings. The molecule has 0 unspecified atom stereocenters. The van der Waals surface area contributed by atoms with E-state index in [4.69, 9.17) is 23.2 Å². The normalized spacial score (nSPS) is 11.7. The highest BCUT2D eigenvalue weighted by molar-refractivity contribution is 7.14. The van der Waals surface area contributed by atoms with Gasteiger partial charge in [-0.15, -0.1) is 11.3 Å². The molecule has 3 aromatic rings. The van der Waals surface area contributed by atoms with Crippen molar-refractivity contribution in [1.29, 1.82) is 0 Å². The van der Waals surface area contributed by atoms with Gasteiger partial charge < -0.3 is 15.7 Å². The van der Waals surface area contributed by atoms with Crippen LogP contribution < -0.4 is 10.6 Å². The van der Waals surface area contributed by atoms with Gasteiger partial charge in [0.05, 0.1) is 23.2 Å². The van der Waals surface area contributed by atoms with E-state index in [1.165, 1.54) is 11.3 Å². The molecule has 9 heteroatoms. The summed E-state index contributed by atoms with van der Waals surface area (Å²) in [5.74, 6) is -1.46. The van der Waals surface area contributed by atoms with Crippen molar-refractivity contribution in [3.63, 3.8) is 0 Å². The lowest BCUT2D eigenvalue weighted by atomic mass is 9.98. The van der Waals surface area contributed by atoms with Crippen molar-refractivity contribution in [3.8, 4) is 0 Å². The second kappa shape index (κ2) is 9.26. The highest BCUT2D eigenvalue weighted by Gasteiger charge is 2.21. The van der Waals surface area contributed by atoms with Gasteiger partial charge in [0.1, 0.15) is 5.69 Å². The summed E-state index contributed by atoms with van der Waals surface area (Å²) >= 11 is 13.3. The number of carboxylic acid groups (broad SMARTS) is 1. The third kappa shape index (κ3) is 5.47. The number of aromatic nitrogens is 1. The van der Waals surface area contributed by atoms with Gasteiger partial charge in [0.25, 0.3) is 5.91 Å². The molecule has 2 aromatic carbocycles. The molecule has 0 spiro atoms. The van der Waals surface area contributed by atoms with E-state index >= 15 is 0 Å². The van der Waals surface area contributed by atoms with E-state index in [2.05, 4.69) is 15.6 Å². The van der Waals surface area contributed by atoms with Gasteiger partial charge in [-0.25, -0.2) is 4.98 Å².